The molecule has 1 saturated heterocycles. The van der Waals surface area contributed by atoms with Crippen molar-refractivity contribution in [2.45, 2.75) is 6.10 Å². The second-order valence-corrected chi connectivity index (χ2v) is 2.24. The number of amides is 1. The first-order chi connectivity index (χ1) is 5.72. The summed E-state index contributed by atoms with van der Waals surface area (Å²) in [6.45, 7) is 3.67. The minimum Gasteiger partial charge on any atom is -0.459 e. The minimum atomic E-state index is -0.516. The molecule has 1 N–H and O–H groups in total. The number of alkyl carbamates (subject to hydrolysis) is 1. The Kier molecular flexibility index (Phi) is 2.68. The normalized spacial score (nSPS) is 21.0. The first-order valence-corrected chi connectivity index (χ1v) is 3.46. The van der Waals surface area contributed by atoms with E-state index in [9.17, 15) is 9.59 Å². The van der Waals surface area contributed by atoms with Crippen molar-refractivity contribution in [1.29, 1.82) is 0 Å². The van der Waals surface area contributed by atoms with Gasteiger partial charge >= 0.3 is 12.1 Å². The number of carbonyl (C=O) groups is 2. The number of nitrogens with one attached hydrogen (secondary N) is 1. The molecule has 66 valence electrons. The molecule has 1 unspecified atom stereocenters. The van der Waals surface area contributed by atoms with Gasteiger partial charge in [0.1, 0.15) is 6.61 Å². The van der Waals surface area contributed by atoms with Crippen LogP contribution < -0.4 is 5.32 Å². The van der Waals surface area contributed by atoms with E-state index in [2.05, 4.69) is 16.6 Å². The molecule has 0 aliphatic carbocycles. The molecule has 1 rings (SSSR count). The Morgan fingerprint density at radius 1 is 1.92 bits per heavy atom. The molecule has 0 aromatic heterocycles. The standard InChI is InChI=1S/C7H9NO4/c1-2-6(9)11-4-5-3-8-7(10)12-5/h2,5H,1,3-4H2,(H,8,10). The maximum Gasteiger partial charge on any atom is 0.407 e. The largest absolute Gasteiger partial charge is 0.459 e. The lowest BCUT2D eigenvalue weighted by molar-refractivity contribution is -0.140. The van der Waals surface area contributed by atoms with E-state index in [1.807, 2.05) is 0 Å². The maximum atomic E-state index is 10.5. The summed E-state index contributed by atoms with van der Waals surface area (Å²) >= 11 is 0. The van der Waals surface area contributed by atoms with Gasteiger partial charge in [-0.2, -0.15) is 0 Å². The van der Waals surface area contributed by atoms with Crippen molar-refractivity contribution in [3.05, 3.63) is 12.7 Å². The van der Waals surface area contributed by atoms with Crippen LogP contribution in [-0.4, -0.2) is 31.3 Å². The molecule has 1 aliphatic rings. The van der Waals surface area contributed by atoms with Crippen molar-refractivity contribution >= 4 is 12.1 Å². The Morgan fingerprint density at radius 3 is 3.17 bits per heavy atom. The molecule has 5 nitrogen and oxygen atoms in total. The highest BCUT2D eigenvalue weighted by atomic mass is 16.6. The van der Waals surface area contributed by atoms with Crippen LogP contribution in [0.5, 0.6) is 0 Å². The lowest BCUT2D eigenvalue weighted by atomic mass is 10.4. The zero-order valence-corrected chi connectivity index (χ0v) is 6.41. The maximum absolute atomic E-state index is 10.5. The summed E-state index contributed by atoms with van der Waals surface area (Å²) in [7, 11) is 0. The highest BCUT2D eigenvalue weighted by Gasteiger charge is 2.23. The molecule has 0 aromatic carbocycles. The van der Waals surface area contributed by atoms with Gasteiger partial charge in [-0.3, -0.25) is 0 Å². The topological polar surface area (TPSA) is 64.6 Å². The van der Waals surface area contributed by atoms with Crippen molar-refractivity contribution in [3.63, 3.8) is 0 Å². The number of rotatable bonds is 3. The average Bonchev–Trinajstić information content (AvgIpc) is 2.47. The predicted molar refractivity (Wildman–Crippen MR) is 39.4 cm³/mol. The van der Waals surface area contributed by atoms with Crippen molar-refractivity contribution in [3.8, 4) is 0 Å². The molecular formula is C7H9NO4. The average molecular weight is 171 g/mol. The van der Waals surface area contributed by atoms with E-state index in [4.69, 9.17) is 4.74 Å². The fourth-order valence-corrected chi connectivity index (χ4v) is 0.759. The fraction of sp³-hybridized carbons (Fsp3) is 0.429. The molecule has 1 aliphatic heterocycles. The first kappa shape index (κ1) is 8.58. The van der Waals surface area contributed by atoms with E-state index in [1.165, 1.54) is 0 Å². The van der Waals surface area contributed by atoms with Crippen molar-refractivity contribution < 1.29 is 19.1 Å². The van der Waals surface area contributed by atoms with Crippen molar-refractivity contribution in [2.75, 3.05) is 13.2 Å². The van der Waals surface area contributed by atoms with Crippen LogP contribution >= 0.6 is 0 Å². The molecular weight excluding hydrogens is 162 g/mol. The van der Waals surface area contributed by atoms with Gasteiger partial charge in [0.05, 0.1) is 6.54 Å². The molecule has 0 saturated carbocycles. The van der Waals surface area contributed by atoms with E-state index in [1.54, 1.807) is 0 Å². The first-order valence-electron chi connectivity index (χ1n) is 3.46. The Morgan fingerprint density at radius 2 is 2.67 bits per heavy atom. The van der Waals surface area contributed by atoms with Gasteiger partial charge in [-0.1, -0.05) is 6.58 Å². The van der Waals surface area contributed by atoms with E-state index in [-0.39, 0.29) is 12.7 Å². The second-order valence-electron chi connectivity index (χ2n) is 2.24. The summed E-state index contributed by atoms with van der Waals surface area (Å²) < 4.78 is 9.34. The van der Waals surface area contributed by atoms with Crippen LogP contribution in [-0.2, 0) is 14.3 Å². The molecule has 0 spiro atoms. The van der Waals surface area contributed by atoms with Crippen LogP contribution in [0.3, 0.4) is 0 Å². The van der Waals surface area contributed by atoms with Gasteiger partial charge in [-0.15, -0.1) is 0 Å². The van der Waals surface area contributed by atoms with Crippen LogP contribution in [0.4, 0.5) is 4.79 Å². The molecule has 0 radical (unpaired) electrons. The monoisotopic (exact) mass is 171 g/mol. The number of carbonyl (C=O) groups excluding carboxylic acids is 2. The minimum absolute atomic E-state index is 0.0730. The Hall–Kier alpha value is -1.52. The Balaban J connectivity index is 2.20. The molecule has 0 bridgehead atoms. The van der Waals surface area contributed by atoms with Crippen LogP contribution in [0, 0.1) is 0 Å². The molecule has 1 atom stereocenters. The Bertz CT molecular complexity index is 213. The molecule has 5 heteroatoms. The summed E-state index contributed by atoms with van der Waals surface area (Å²) in [4.78, 5) is 21.0. The third-order valence-electron chi connectivity index (χ3n) is 1.33. The number of hydrogen-bond acceptors (Lipinski definition) is 4. The lowest BCUT2D eigenvalue weighted by Crippen LogP contribution is -2.21. The molecule has 12 heavy (non-hydrogen) atoms. The summed E-state index contributed by atoms with van der Waals surface area (Å²) in [5.74, 6) is -0.516. The summed E-state index contributed by atoms with van der Waals surface area (Å²) in [6.07, 6.45) is 0.209. The summed E-state index contributed by atoms with van der Waals surface area (Å²) in [5.41, 5.74) is 0. The third-order valence-corrected chi connectivity index (χ3v) is 1.33. The van der Waals surface area contributed by atoms with E-state index in [0.29, 0.717) is 6.54 Å². The molecule has 1 fully saturated rings. The van der Waals surface area contributed by atoms with Crippen LogP contribution in [0.2, 0.25) is 0 Å². The summed E-state index contributed by atoms with van der Waals surface area (Å²) in [6, 6.07) is 0. The van der Waals surface area contributed by atoms with E-state index in [0.717, 1.165) is 6.08 Å². The highest BCUT2D eigenvalue weighted by Crippen LogP contribution is 2.00. The third kappa shape index (κ3) is 2.26. The van der Waals surface area contributed by atoms with Gasteiger partial charge in [0.15, 0.2) is 6.10 Å². The van der Waals surface area contributed by atoms with E-state index >= 15 is 0 Å². The van der Waals surface area contributed by atoms with Gasteiger partial charge in [-0.05, 0) is 0 Å². The predicted octanol–water partition coefficient (Wildman–Crippen LogP) is -0.176. The smallest absolute Gasteiger partial charge is 0.407 e. The Labute approximate surface area is 69.3 Å². The van der Waals surface area contributed by atoms with Gasteiger partial charge in [-0.25, -0.2) is 9.59 Å². The fourth-order valence-electron chi connectivity index (χ4n) is 0.759. The van der Waals surface area contributed by atoms with Gasteiger partial charge in [0.25, 0.3) is 0 Å². The molecule has 1 amide bonds. The van der Waals surface area contributed by atoms with Crippen molar-refractivity contribution in [1.82, 2.24) is 5.32 Å². The van der Waals surface area contributed by atoms with Crippen LogP contribution in [0.15, 0.2) is 12.7 Å². The zero-order chi connectivity index (χ0) is 8.97. The number of ether oxygens (including phenoxy) is 2. The second kappa shape index (κ2) is 3.75. The molecule has 0 aromatic rings. The van der Waals surface area contributed by atoms with Gasteiger partial charge < -0.3 is 14.8 Å². The quantitative estimate of drug-likeness (QED) is 0.472. The number of cyclic esters (lactones) is 1. The van der Waals surface area contributed by atoms with Crippen LogP contribution in [0.25, 0.3) is 0 Å². The summed E-state index contributed by atoms with van der Waals surface area (Å²) in [5, 5.41) is 2.43. The van der Waals surface area contributed by atoms with Crippen molar-refractivity contribution in [2.24, 2.45) is 0 Å². The number of hydrogen-bond donors (Lipinski definition) is 1. The van der Waals surface area contributed by atoms with Crippen LogP contribution in [0.1, 0.15) is 0 Å². The zero-order valence-electron chi connectivity index (χ0n) is 6.41. The van der Waals surface area contributed by atoms with Gasteiger partial charge in [0, 0.05) is 6.08 Å². The van der Waals surface area contributed by atoms with Gasteiger partial charge in [0.2, 0.25) is 0 Å². The lowest BCUT2D eigenvalue weighted by Gasteiger charge is -2.06. The SMILES string of the molecule is C=CC(=O)OCC1CNC(=O)O1. The molecule has 1 heterocycles. The number of esters is 1. The van der Waals surface area contributed by atoms with E-state index < -0.39 is 12.1 Å². The highest BCUT2D eigenvalue weighted by molar-refractivity contribution is 5.81.